The molecular weight excluding hydrogens is 615 g/mol. The van der Waals surface area contributed by atoms with Gasteiger partial charge in [0.1, 0.15) is 0 Å². The van der Waals surface area contributed by atoms with Crippen LogP contribution in [0.2, 0.25) is 0 Å². The molecule has 0 saturated heterocycles. The van der Waals surface area contributed by atoms with Crippen molar-refractivity contribution in [3.8, 4) is 12.3 Å². The van der Waals surface area contributed by atoms with E-state index < -0.39 is 0 Å². The molecule has 3 aromatic rings. The fourth-order valence-electron chi connectivity index (χ4n) is 5.44. The minimum absolute atomic E-state index is 0.523. The van der Waals surface area contributed by atoms with E-state index in [0.717, 1.165) is 29.7 Å². The van der Waals surface area contributed by atoms with Gasteiger partial charge < -0.3 is 0 Å². The van der Waals surface area contributed by atoms with E-state index in [2.05, 4.69) is 188 Å². The van der Waals surface area contributed by atoms with Gasteiger partial charge in [-0.2, -0.15) is 0 Å². The Morgan fingerprint density at radius 1 is 0.863 bits per heavy atom. The van der Waals surface area contributed by atoms with E-state index in [1.54, 1.807) is 6.92 Å². The Morgan fingerprint density at radius 2 is 1.53 bits per heavy atom. The zero-order chi connectivity index (χ0) is 38.0. The maximum absolute atomic E-state index is 4.60. The normalized spacial score (nSPS) is 12.7. The molecular formula is C50H61N. The van der Waals surface area contributed by atoms with Gasteiger partial charge in [0.15, 0.2) is 0 Å². The topological polar surface area (TPSA) is 12.4 Å². The highest BCUT2D eigenvalue weighted by Crippen LogP contribution is 2.36. The van der Waals surface area contributed by atoms with Crippen LogP contribution in [0.15, 0.2) is 126 Å². The summed E-state index contributed by atoms with van der Waals surface area (Å²) in [5, 5.41) is 0. The molecule has 0 aromatic heterocycles. The molecule has 0 aliphatic carbocycles. The Labute approximate surface area is 312 Å². The number of nitrogens with zero attached hydrogens (tertiary/aromatic N) is 1. The predicted octanol–water partition coefficient (Wildman–Crippen LogP) is 15.3. The summed E-state index contributed by atoms with van der Waals surface area (Å²) in [7, 11) is 0. The quantitative estimate of drug-likeness (QED) is 0.0613. The van der Waals surface area contributed by atoms with Crippen molar-refractivity contribution < 1.29 is 0 Å². The molecule has 1 nitrogen and oxygen atoms in total. The molecule has 1 atom stereocenters. The number of hydrogen-bond donors (Lipinski definition) is 0. The van der Waals surface area contributed by atoms with Crippen molar-refractivity contribution in [2.75, 3.05) is 0 Å². The van der Waals surface area contributed by atoms with Crippen molar-refractivity contribution in [2.45, 2.75) is 81.6 Å². The van der Waals surface area contributed by atoms with Crippen LogP contribution in [0, 0.1) is 18.3 Å². The largest absolute Gasteiger partial charge is 0.255 e. The standard InChI is InChI=1S/C30H27N.C14H22.C3H8.C3H4/c1-4-10-26(28-17-18-30-29(21-31-30)27(28)6-3)20-25-16-15-23(19-24(25)5-2)14-13-22-11-8-7-9-12-22;1-6-8-12(3)10-14(5)11-13(4)9-7-2;2*1-3-2/h5-9,11-21H,2-4,10H2,1H3;6-12H,1-5H3;3H2,1-2H3;1H,2H3/b14-13+,26-20+;8-6+,9-7-,13-11+,14-10+;;. The third-order valence-electron chi connectivity index (χ3n) is 7.50. The van der Waals surface area contributed by atoms with E-state index in [4.69, 9.17) is 0 Å². The fraction of sp³-hybridized carbons (Fsp3) is 0.260. The monoisotopic (exact) mass is 675 g/mol. The predicted molar refractivity (Wildman–Crippen MR) is 235 cm³/mol. The minimum Gasteiger partial charge on any atom is -0.255 e. The second-order valence-corrected chi connectivity index (χ2v) is 12.4. The van der Waals surface area contributed by atoms with E-state index in [9.17, 15) is 0 Å². The van der Waals surface area contributed by atoms with Crippen molar-refractivity contribution in [1.82, 2.24) is 0 Å². The lowest BCUT2D eigenvalue weighted by molar-refractivity contribution is 0.927. The van der Waals surface area contributed by atoms with Gasteiger partial charge in [-0.25, -0.2) is 0 Å². The molecule has 1 heteroatoms. The number of aliphatic imine (C=N–C) groups is 1. The van der Waals surface area contributed by atoms with Gasteiger partial charge in [-0.05, 0) is 98.0 Å². The van der Waals surface area contributed by atoms with Crippen LogP contribution in [0.3, 0.4) is 0 Å². The SMILES string of the molecule is C#CC.C=Cc1cc(/C=C/c2ccccc2)ccc1/C=C(\CCC)c1ccc2c(c1C=C)C=N2.CCC.C\C=C/C(C)=C/C(C)=C/C(C)/C=C/C. The number of rotatable bonds is 12. The number of hydrogen-bond acceptors (Lipinski definition) is 1. The first-order valence-corrected chi connectivity index (χ1v) is 18.2. The Balaban J connectivity index is 0.000000544. The van der Waals surface area contributed by atoms with Crippen LogP contribution < -0.4 is 0 Å². The van der Waals surface area contributed by atoms with Gasteiger partial charge in [-0.15, -0.1) is 12.3 Å². The van der Waals surface area contributed by atoms with Crippen LogP contribution in [0.5, 0.6) is 0 Å². The van der Waals surface area contributed by atoms with Crippen molar-refractivity contribution in [1.29, 1.82) is 0 Å². The van der Waals surface area contributed by atoms with Crippen LogP contribution in [-0.2, 0) is 0 Å². The highest BCUT2D eigenvalue weighted by atomic mass is 14.8. The molecule has 0 spiro atoms. The van der Waals surface area contributed by atoms with Gasteiger partial charge in [-0.3, -0.25) is 4.99 Å². The third kappa shape index (κ3) is 15.9. The average Bonchev–Trinajstić information content (AvgIpc) is 3.09. The minimum atomic E-state index is 0.523. The number of benzene rings is 3. The lowest BCUT2D eigenvalue weighted by Crippen LogP contribution is -2.01. The summed E-state index contributed by atoms with van der Waals surface area (Å²) >= 11 is 0. The van der Waals surface area contributed by atoms with Crippen LogP contribution in [0.4, 0.5) is 5.69 Å². The summed E-state index contributed by atoms with van der Waals surface area (Å²) in [6.07, 6.45) is 33.3. The smallest absolute Gasteiger partial charge is 0.0724 e. The first-order chi connectivity index (χ1) is 24.7. The summed E-state index contributed by atoms with van der Waals surface area (Å²) in [6.45, 7) is 26.8. The molecule has 1 heterocycles. The van der Waals surface area contributed by atoms with Crippen LogP contribution in [-0.4, -0.2) is 6.21 Å². The first kappa shape index (κ1) is 43.8. The summed E-state index contributed by atoms with van der Waals surface area (Å²) in [5.74, 6) is 2.77. The van der Waals surface area contributed by atoms with Crippen molar-refractivity contribution in [3.05, 3.63) is 160 Å². The molecule has 0 bridgehead atoms. The average molecular weight is 676 g/mol. The molecule has 4 rings (SSSR count). The van der Waals surface area contributed by atoms with Gasteiger partial charge in [0, 0.05) is 11.8 Å². The molecule has 0 amide bonds. The molecule has 0 radical (unpaired) electrons. The molecule has 0 N–H and O–H groups in total. The molecule has 0 fully saturated rings. The molecule has 51 heavy (non-hydrogen) atoms. The second kappa shape index (κ2) is 25.7. The van der Waals surface area contributed by atoms with E-state index in [-0.39, 0.29) is 0 Å². The summed E-state index contributed by atoms with van der Waals surface area (Å²) < 4.78 is 0. The highest BCUT2D eigenvalue weighted by molar-refractivity contribution is 6.03. The second-order valence-electron chi connectivity index (χ2n) is 12.4. The zero-order valence-corrected chi connectivity index (χ0v) is 32.8. The van der Waals surface area contributed by atoms with Crippen molar-refractivity contribution >= 4 is 47.9 Å². The Hall–Kier alpha value is -5.19. The van der Waals surface area contributed by atoms with Crippen molar-refractivity contribution in [2.24, 2.45) is 10.9 Å². The summed E-state index contributed by atoms with van der Waals surface area (Å²) in [5.41, 5.74) is 13.3. The highest BCUT2D eigenvalue weighted by Gasteiger charge is 2.16. The van der Waals surface area contributed by atoms with Crippen LogP contribution in [0.1, 0.15) is 121 Å². The summed E-state index contributed by atoms with van der Waals surface area (Å²) in [6, 6.07) is 21.2. The van der Waals surface area contributed by atoms with Gasteiger partial charge in [-0.1, -0.05) is 180 Å². The first-order valence-electron chi connectivity index (χ1n) is 18.2. The molecule has 1 unspecified atom stereocenters. The van der Waals surface area contributed by atoms with Gasteiger partial charge in [0.25, 0.3) is 0 Å². The number of terminal acetylenes is 1. The van der Waals surface area contributed by atoms with Crippen molar-refractivity contribution in [3.63, 3.8) is 0 Å². The molecule has 266 valence electrons. The molecule has 1 aliphatic rings. The molecule has 3 aromatic carbocycles. The van der Waals surface area contributed by atoms with E-state index >= 15 is 0 Å². The Bertz CT molecular complexity index is 1770. The van der Waals surface area contributed by atoms with Crippen LogP contribution >= 0.6 is 0 Å². The van der Waals surface area contributed by atoms with E-state index in [0.29, 0.717) is 5.92 Å². The van der Waals surface area contributed by atoms with Gasteiger partial charge in [0.05, 0.1) is 5.69 Å². The maximum atomic E-state index is 4.60. The van der Waals surface area contributed by atoms with E-state index in [1.165, 1.54) is 51.0 Å². The number of allylic oxidation sites excluding steroid dienone is 9. The zero-order valence-electron chi connectivity index (χ0n) is 32.8. The third-order valence-corrected chi connectivity index (χ3v) is 7.50. The lowest BCUT2D eigenvalue weighted by atomic mass is 9.89. The lowest BCUT2D eigenvalue weighted by Gasteiger charge is -2.18. The number of fused-ring (bicyclic) bond motifs is 1. The van der Waals surface area contributed by atoms with Crippen LogP contribution in [0.25, 0.3) is 36.0 Å². The summed E-state index contributed by atoms with van der Waals surface area (Å²) in [4.78, 5) is 4.34. The van der Waals surface area contributed by atoms with Gasteiger partial charge in [0.2, 0.25) is 0 Å². The van der Waals surface area contributed by atoms with Gasteiger partial charge >= 0.3 is 0 Å². The maximum Gasteiger partial charge on any atom is 0.0724 e. The Morgan fingerprint density at radius 3 is 2.08 bits per heavy atom. The fourth-order valence-corrected chi connectivity index (χ4v) is 5.44. The molecule has 1 aliphatic heterocycles. The van der Waals surface area contributed by atoms with E-state index in [1.807, 2.05) is 31.4 Å². The Kier molecular flexibility index (Phi) is 22.1. The molecule has 0 saturated carbocycles.